The van der Waals surface area contributed by atoms with Crippen LogP contribution in [-0.4, -0.2) is 53.1 Å². The van der Waals surface area contributed by atoms with Crippen molar-refractivity contribution in [1.82, 2.24) is 20.2 Å². The van der Waals surface area contributed by atoms with Gasteiger partial charge in [-0.25, -0.2) is 9.97 Å². The normalized spacial score (nSPS) is 21.4. The fourth-order valence-electron chi connectivity index (χ4n) is 2.62. The summed E-state index contributed by atoms with van der Waals surface area (Å²) in [6.07, 6.45) is 5.06. The van der Waals surface area contributed by atoms with Gasteiger partial charge >= 0.3 is 0 Å². The van der Waals surface area contributed by atoms with Crippen molar-refractivity contribution >= 4 is 5.95 Å². The van der Waals surface area contributed by atoms with Crippen LogP contribution in [0.3, 0.4) is 0 Å². The molecule has 1 unspecified atom stereocenters. The molecule has 1 aliphatic rings. The number of nitrogens with one attached hydrogen (secondary N) is 1. The molecule has 5 nitrogen and oxygen atoms in total. The van der Waals surface area contributed by atoms with Gasteiger partial charge in [0.1, 0.15) is 0 Å². The van der Waals surface area contributed by atoms with E-state index in [0.717, 1.165) is 44.1 Å². The molecule has 1 saturated heterocycles. The van der Waals surface area contributed by atoms with Gasteiger partial charge < -0.3 is 15.1 Å². The Morgan fingerprint density at radius 2 is 1.90 bits per heavy atom. The highest BCUT2D eigenvalue weighted by Gasteiger charge is 2.21. The summed E-state index contributed by atoms with van der Waals surface area (Å²) in [5, 5.41) is 3.46. The third kappa shape index (κ3) is 4.93. The van der Waals surface area contributed by atoms with Gasteiger partial charge in [-0.2, -0.15) is 0 Å². The molecule has 0 aliphatic carbocycles. The van der Waals surface area contributed by atoms with Crippen molar-refractivity contribution in [3.05, 3.63) is 18.0 Å². The summed E-state index contributed by atoms with van der Waals surface area (Å²) in [5.74, 6) is 0.859. The van der Waals surface area contributed by atoms with Gasteiger partial charge in [0.05, 0.1) is 0 Å². The molecule has 1 N–H and O–H groups in total. The highest BCUT2D eigenvalue weighted by molar-refractivity contribution is 5.32. The van der Waals surface area contributed by atoms with Crippen molar-refractivity contribution < 1.29 is 0 Å². The molecular weight excluding hydrogens is 262 g/mol. The van der Waals surface area contributed by atoms with Crippen LogP contribution in [-0.2, 0) is 6.54 Å². The lowest BCUT2D eigenvalue weighted by Crippen LogP contribution is -2.39. The summed E-state index contributed by atoms with van der Waals surface area (Å²) >= 11 is 0. The second kappa shape index (κ2) is 6.71. The third-order valence-electron chi connectivity index (χ3n) is 3.82. The number of anilines is 1. The lowest BCUT2D eigenvalue weighted by atomic mass is 10.1. The monoisotopic (exact) mass is 291 g/mol. The topological polar surface area (TPSA) is 44.3 Å². The van der Waals surface area contributed by atoms with Crippen LogP contribution in [0.5, 0.6) is 0 Å². The van der Waals surface area contributed by atoms with Gasteiger partial charge in [0.25, 0.3) is 0 Å². The van der Waals surface area contributed by atoms with Gasteiger partial charge in [-0.3, -0.25) is 0 Å². The Bertz CT molecular complexity index is 437. The predicted molar refractivity (Wildman–Crippen MR) is 87.5 cm³/mol. The average molecular weight is 291 g/mol. The van der Waals surface area contributed by atoms with Crippen LogP contribution >= 0.6 is 0 Å². The van der Waals surface area contributed by atoms with Gasteiger partial charge in [-0.15, -0.1) is 0 Å². The van der Waals surface area contributed by atoms with E-state index in [1.807, 2.05) is 12.4 Å². The maximum atomic E-state index is 4.58. The molecule has 1 aromatic rings. The first-order valence-electron chi connectivity index (χ1n) is 7.86. The second-order valence-corrected chi connectivity index (χ2v) is 7.15. The van der Waals surface area contributed by atoms with Crippen molar-refractivity contribution in [3.63, 3.8) is 0 Å². The van der Waals surface area contributed by atoms with E-state index in [2.05, 4.69) is 59.8 Å². The molecule has 2 heterocycles. The summed E-state index contributed by atoms with van der Waals surface area (Å²) < 4.78 is 0. The number of aromatic nitrogens is 2. The maximum Gasteiger partial charge on any atom is 0.225 e. The number of nitrogens with zero attached hydrogens (tertiary/aromatic N) is 4. The van der Waals surface area contributed by atoms with Crippen LogP contribution in [0.15, 0.2) is 12.4 Å². The molecular formula is C16H29N5. The number of rotatable bonds is 3. The first-order valence-corrected chi connectivity index (χ1v) is 7.86. The minimum atomic E-state index is 0.114. The molecule has 2 rings (SSSR count). The van der Waals surface area contributed by atoms with Crippen molar-refractivity contribution in [3.8, 4) is 0 Å². The highest BCUT2D eigenvalue weighted by Crippen LogP contribution is 2.15. The Morgan fingerprint density at radius 1 is 1.24 bits per heavy atom. The van der Waals surface area contributed by atoms with Crippen LogP contribution in [0.25, 0.3) is 0 Å². The quantitative estimate of drug-likeness (QED) is 0.921. The summed E-state index contributed by atoms with van der Waals surface area (Å²) in [6, 6.07) is 0.455. The van der Waals surface area contributed by atoms with E-state index in [1.54, 1.807) is 0 Å². The van der Waals surface area contributed by atoms with Crippen LogP contribution in [0.1, 0.15) is 39.7 Å². The first kappa shape index (κ1) is 16.2. The van der Waals surface area contributed by atoms with Crippen LogP contribution in [0.2, 0.25) is 0 Å². The predicted octanol–water partition coefficient (Wildman–Crippen LogP) is 1.90. The van der Waals surface area contributed by atoms with Crippen LogP contribution < -0.4 is 10.2 Å². The van der Waals surface area contributed by atoms with Gasteiger partial charge in [0.15, 0.2) is 0 Å². The number of hydrogen-bond acceptors (Lipinski definition) is 5. The maximum absolute atomic E-state index is 4.58. The summed E-state index contributed by atoms with van der Waals surface area (Å²) in [6.45, 7) is 12.8. The van der Waals surface area contributed by atoms with E-state index < -0.39 is 0 Å². The van der Waals surface area contributed by atoms with Gasteiger partial charge in [-0.1, -0.05) is 0 Å². The van der Waals surface area contributed by atoms with Crippen LogP contribution in [0, 0.1) is 0 Å². The Kier molecular flexibility index (Phi) is 5.17. The zero-order chi connectivity index (χ0) is 15.5. The highest BCUT2D eigenvalue weighted by atomic mass is 15.3. The molecule has 0 bridgehead atoms. The summed E-state index contributed by atoms with van der Waals surface area (Å²) in [4.78, 5) is 13.9. The molecule has 1 atom stereocenters. The molecule has 1 fully saturated rings. The lowest BCUT2D eigenvalue weighted by Gasteiger charge is -2.28. The van der Waals surface area contributed by atoms with Gasteiger partial charge in [-0.05, 0) is 47.7 Å². The summed E-state index contributed by atoms with van der Waals surface area (Å²) in [7, 11) is 2.18. The van der Waals surface area contributed by atoms with Crippen molar-refractivity contribution in [2.24, 2.45) is 0 Å². The zero-order valence-corrected chi connectivity index (χ0v) is 14.1. The molecule has 5 heteroatoms. The fraction of sp³-hybridized carbons (Fsp3) is 0.750. The smallest absolute Gasteiger partial charge is 0.225 e. The van der Waals surface area contributed by atoms with Gasteiger partial charge in [0, 0.05) is 49.2 Å². The Hall–Kier alpha value is -1.20. The molecule has 118 valence electrons. The van der Waals surface area contributed by atoms with Crippen molar-refractivity contribution in [2.75, 3.05) is 31.6 Å². The minimum Gasteiger partial charge on any atom is -0.337 e. The first-order chi connectivity index (χ1) is 9.85. The van der Waals surface area contributed by atoms with Crippen molar-refractivity contribution in [1.29, 1.82) is 0 Å². The largest absolute Gasteiger partial charge is 0.337 e. The SMILES string of the molecule is CC1CN(C)CCCN1c1ncc(CNC(C)(C)C)cn1. The van der Waals surface area contributed by atoms with Gasteiger partial charge in [0.2, 0.25) is 5.95 Å². The fourth-order valence-corrected chi connectivity index (χ4v) is 2.62. The standard InChI is InChI=1S/C16H29N5/c1-13-12-20(5)7-6-8-21(13)15-17-9-14(10-18-15)11-19-16(2,3)4/h9-10,13,19H,6-8,11-12H2,1-5H3. The van der Waals surface area contributed by atoms with Crippen LogP contribution in [0.4, 0.5) is 5.95 Å². The van der Waals surface area contributed by atoms with E-state index >= 15 is 0 Å². The Labute approximate surface area is 128 Å². The van der Waals surface area contributed by atoms with E-state index in [4.69, 9.17) is 0 Å². The number of likely N-dealkylation sites (N-methyl/N-ethyl adjacent to an activating group) is 1. The second-order valence-electron chi connectivity index (χ2n) is 7.15. The zero-order valence-electron chi connectivity index (χ0n) is 14.1. The Morgan fingerprint density at radius 3 is 2.52 bits per heavy atom. The molecule has 0 aromatic carbocycles. The number of hydrogen-bond donors (Lipinski definition) is 1. The molecule has 0 saturated carbocycles. The third-order valence-corrected chi connectivity index (χ3v) is 3.82. The van der Waals surface area contributed by atoms with E-state index in [0.29, 0.717) is 6.04 Å². The average Bonchev–Trinajstić information content (AvgIpc) is 2.57. The minimum absolute atomic E-state index is 0.114. The molecule has 0 spiro atoms. The van der Waals surface area contributed by atoms with E-state index in [-0.39, 0.29) is 5.54 Å². The molecule has 1 aliphatic heterocycles. The Balaban J connectivity index is 2.01. The molecule has 21 heavy (non-hydrogen) atoms. The lowest BCUT2D eigenvalue weighted by molar-refractivity contribution is 0.337. The summed E-state index contributed by atoms with van der Waals surface area (Å²) in [5.41, 5.74) is 1.25. The van der Waals surface area contributed by atoms with Crippen molar-refractivity contribution in [2.45, 2.75) is 52.2 Å². The molecule has 0 radical (unpaired) electrons. The van der Waals surface area contributed by atoms with E-state index in [9.17, 15) is 0 Å². The van der Waals surface area contributed by atoms with E-state index in [1.165, 1.54) is 0 Å². The molecule has 0 amide bonds. The molecule has 1 aromatic heterocycles.